The van der Waals surface area contributed by atoms with Gasteiger partial charge in [-0.2, -0.15) is 0 Å². The number of aliphatic carboxylic acids is 1. The summed E-state index contributed by atoms with van der Waals surface area (Å²) in [5, 5.41) is 9.54. The molecule has 0 aliphatic rings. The third-order valence-corrected chi connectivity index (χ3v) is 3.88. The molecule has 1 unspecified atom stereocenters. The van der Waals surface area contributed by atoms with E-state index in [0.29, 0.717) is 6.42 Å². The smallest absolute Gasteiger partial charge is 0.315 e. The van der Waals surface area contributed by atoms with Crippen LogP contribution >= 0.6 is 0 Å². The quantitative estimate of drug-likeness (QED) is 0.685. The van der Waals surface area contributed by atoms with Crippen LogP contribution in [-0.2, 0) is 10.2 Å². The van der Waals surface area contributed by atoms with Gasteiger partial charge in [-0.1, -0.05) is 39.0 Å². The molecule has 0 aliphatic carbocycles. The van der Waals surface area contributed by atoms with E-state index in [-0.39, 0.29) is 18.5 Å². The first-order valence-electron chi connectivity index (χ1n) is 7.36. The highest BCUT2D eigenvalue weighted by molar-refractivity contribution is 5.81. The van der Waals surface area contributed by atoms with Crippen LogP contribution in [0.1, 0.15) is 51.0 Å². The van der Waals surface area contributed by atoms with E-state index in [0.717, 1.165) is 43.9 Å². The van der Waals surface area contributed by atoms with E-state index in [1.54, 1.807) is 0 Å². The number of rotatable bonds is 9. The first kappa shape index (κ1) is 17.6. The van der Waals surface area contributed by atoms with E-state index in [1.807, 2.05) is 0 Å². The molecule has 0 radical (unpaired) electrons. The molecule has 1 atom stereocenters. The minimum atomic E-state index is -1.42. The minimum Gasteiger partial charge on any atom is -0.481 e. The van der Waals surface area contributed by atoms with E-state index < -0.39 is 23.0 Å². The second-order valence-corrected chi connectivity index (χ2v) is 5.41. The summed E-state index contributed by atoms with van der Waals surface area (Å²) in [7, 11) is 0. The molecular formula is C16H23F2NO2. The second-order valence-electron chi connectivity index (χ2n) is 5.41. The summed E-state index contributed by atoms with van der Waals surface area (Å²) in [6.07, 6.45) is 5.05. The van der Waals surface area contributed by atoms with Gasteiger partial charge in [0.25, 0.3) is 0 Å². The van der Waals surface area contributed by atoms with Crippen LogP contribution in [0, 0.1) is 11.6 Å². The van der Waals surface area contributed by atoms with Crippen LogP contribution < -0.4 is 5.73 Å². The summed E-state index contributed by atoms with van der Waals surface area (Å²) in [6.45, 7) is 1.91. The minimum absolute atomic E-state index is 0.102. The largest absolute Gasteiger partial charge is 0.481 e. The van der Waals surface area contributed by atoms with Gasteiger partial charge in [-0.3, -0.25) is 4.79 Å². The summed E-state index contributed by atoms with van der Waals surface area (Å²) in [6, 6.07) is 2.86. The Kier molecular flexibility index (Phi) is 6.75. The molecule has 0 aliphatic heterocycles. The van der Waals surface area contributed by atoms with Gasteiger partial charge in [0, 0.05) is 12.6 Å². The van der Waals surface area contributed by atoms with Gasteiger partial charge in [0.2, 0.25) is 0 Å². The highest BCUT2D eigenvalue weighted by atomic mass is 19.1. The number of carboxylic acid groups (broad SMARTS) is 1. The average Bonchev–Trinajstić information content (AvgIpc) is 2.41. The summed E-state index contributed by atoms with van der Waals surface area (Å²) in [5.41, 5.74) is 4.34. The number of carbonyl (C=O) groups is 1. The molecule has 0 bridgehead atoms. The van der Waals surface area contributed by atoms with E-state index in [9.17, 15) is 18.7 Å². The van der Waals surface area contributed by atoms with Crippen molar-refractivity contribution in [3.8, 4) is 0 Å². The lowest BCUT2D eigenvalue weighted by molar-refractivity contribution is -0.143. The van der Waals surface area contributed by atoms with E-state index >= 15 is 0 Å². The van der Waals surface area contributed by atoms with Crippen molar-refractivity contribution in [2.75, 3.05) is 6.54 Å². The Morgan fingerprint density at radius 2 is 1.71 bits per heavy atom. The van der Waals surface area contributed by atoms with Crippen LogP contribution in [0.25, 0.3) is 0 Å². The Hall–Kier alpha value is -1.49. The van der Waals surface area contributed by atoms with Crippen molar-refractivity contribution in [1.82, 2.24) is 0 Å². The van der Waals surface area contributed by atoms with Gasteiger partial charge in [-0.15, -0.1) is 0 Å². The number of benzene rings is 1. The Morgan fingerprint density at radius 3 is 2.19 bits per heavy atom. The maximum absolute atomic E-state index is 13.4. The summed E-state index contributed by atoms with van der Waals surface area (Å²) in [5.74, 6) is -2.70. The third-order valence-electron chi connectivity index (χ3n) is 3.88. The number of carboxylic acids is 1. The van der Waals surface area contributed by atoms with Gasteiger partial charge in [0.15, 0.2) is 0 Å². The zero-order chi connectivity index (χ0) is 15.9. The monoisotopic (exact) mass is 299 g/mol. The SMILES string of the molecule is CCCCCCCC(CN)(C(=O)O)c1cc(F)cc(F)c1. The maximum Gasteiger partial charge on any atom is 0.315 e. The Balaban J connectivity index is 2.95. The van der Waals surface area contributed by atoms with Crippen molar-refractivity contribution in [2.24, 2.45) is 5.73 Å². The first-order valence-corrected chi connectivity index (χ1v) is 7.36. The zero-order valence-corrected chi connectivity index (χ0v) is 12.4. The van der Waals surface area contributed by atoms with Crippen molar-refractivity contribution in [2.45, 2.75) is 50.9 Å². The lowest BCUT2D eigenvalue weighted by Crippen LogP contribution is -2.43. The van der Waals surface area contributed by atoms with Crippen LogP contribution in [0.5, 0.6) is 0 Å². The van der Waals surface area contributed by atoms with Crippen LogP contribution in [0.2, 0.25) is 0 Å². The van der Waals surface area contributed by atoms with Crippen LogP contribution in [0.3, 0.4) is 0 Å². The average molecular weight is 299 g/mol. The van der Waals surface area contributed by atoms with Gasteiger partial charge in [-0.05, 0) is 24.1 Å². The van der Waals surface area contributed by atoms with E-state index in [1.165, 1.54) is 0 Å². The van der Waals surface area contributed by atoms with Crippen molar-refractivity contribution in [3.05, 3.63) is 35.4 Å². The molecule has 118 valence electrons. The van der Waals surface area contributed by atoms with E-state index in [2.05, 4.69) is 6.92 Å². The van der Waals surface area contributed by atoms with Crippen molar-refractivity contribution in [1.29, 1.82) is 0 Å². The van der Waals surface area contributed by atoms with Gasteiger partial charge in [0.1, 0.15) is 17.0 Å². The van der Waals surface area contributed by atoms with Crippen molar-refractivity contribution in [3.63, 3.8) is 0 Å². The zero-order valence-electron chi connectivity index (χ0n) is 12.4. The number of unbranched alkanes of at least 4 members (excludes halogenated alkanes) is 4. The number of hydrogen-bond acceptors (Lipinski definition) is 2. The van der Waals surface area contributed by atoms with Crippen LogP contribution in [0.4, 0.5) is 8.78 Å². The molecule has 0 saturated carbocycles. The number of nitrogens with two attached hydrogens (primary N) is 1. The number of hydrogen-bond donors (Lipinski definition) is 2. The first-order chi connectivity index (χ1) is 9.96. The maximum atomic E-state index is 13.4. The molecule has 1 aromatic rings. The molecule has 5 heteroatoms. The van der Waals surface area contributed by atoms with Gasteiger partial charge in [0.05, 0.1) is 0 Å². The Labute approximate surface area is 124 Å². The summed E-state index contributed by atoms with van der Waals surface area (Å²) >= 11 is 0. The normalized spacial score (nSPS) is 13.9. The molecule has 0 heterocycles. The molecule has 0 aromatic heterocycles. The Morgan fingerprint density at radius 1 is 1.14 bits per heavy atom. The van der Waals surface area contributed by atoms with Gasteiger partial charge >= 0.3 is 5.97 Å². The molecule has 3 N–H and O–H groups in total. The van der Waals surface area contributed by atoms with Crippen molar-refractivity contribution < 1.29 is 18.7 Å². The topological polar surface area (TPSA) is 63.3 Å². The molecular weight excluding hydrogens is 276 g/mol. The Bertz CT molecular complexity index is 459. The fraction of sp³-hybridized carbons (Fsp3) is 0.562. The second kappa shape index (κ2) is 8.08. The fourth-order valence-corrected chi connectivity index (χ4v) is 2.54. The van der Waals surface area contributed by atoms with Crippen LogP contribution in [-0.4, -0.2) is 17.6 Å². The lowest BCUT2D eigenvalue weighted by Gasteiger charge is -2.28. The molecule has 0 fully saturated rings. The highest BCUT2D eigenvalue weighted by Gasteiger charge is 2.39. The van der Waals surface area contributed by atoms with Crippen molar-refractivity contribution >= 4 is 5.97 Å². The van der Waals surface area contributed by atoms with Crippen LogP contribution in [0.15, 0.2) is 18.2 Å². The molecule has 3 nitrogen and oxygen atoms in total. The predicted molar refractivity (Wildman–Crippen MR) is 78.1 cm³/mol. The van der Waals surface area contributed by atoms with Gasteiger partial charge in [-0.25, -0.2) is 8.78 Å². The molecule has 0 spiro atoms. The number of halogens is 2. The summed E-state index contributed by atoms with van der Waals surface area (Å²) < 4.78 is 26.7. The molecule has 1 rings (SSSR count). The lowest BCUT2D eigenvalue weighted by atomic mass is 9.76. The standard InChI is InChI=1S/C16H23F2NO2/c1-2-3-4-5-6-7-16(11-19,15(20)21)12-8-13(17)10-14(18)9-12/h8-10H,2-7,11,19H2,1H3,(H,20,21). The van der Waals surface area contributed by atoms with Gasteiger partial charge < -0.3 is 10.8 Å². The molecule has 0 saturated heterocycles. The highest BCUT2D eigenvalue weighted by Crippen LogP contribution is 2.31. The fourth-order valence-electron chi connectivity index (χ4n) is 2.54. The van der Waals surface area contributed by atoms with E-state index in [4.69, 9.17) is 5.73 Å². The third kappa shape index (κ3) is 4.49. The molecule has 0 amide bonds. The molecule has 21 heavy (non-hydrogen) atoms. The predicted octanol–water partition coefficient (Wildman–Crippen LogP) is 3.61. The molecule has 1 aromatic carbocycles. The summed E-state index contributed by atoms with van der Waals surface area (Å²) in [4.78, 5) is 11.7.